The first kappa shape index (κ1) is 21.8. The van der Waals surface area contributed by atoms with Gasteiger partial charge in [-0.3, -0.25) is 9.59 Å². The Balaban J connectivity index is 1.56. The summed E-state index contributed by atoms with van der Waals surface area (Å²) in [5.74, 6) is -0.566. The minimum Gasteiger partial charge on any atom is -0.351 e. The number of likely N-dealkylation sites (tertiary alicyclic amines) is 1. The molecular formula is C24H33FN4O2. The summed E-state index contributed by atoms with van der Waals surface area (Å²) in [5.41, 5.74) is 1.80. The van der Waals surface area contributed by atoms with Crippen molar-refractivity contribution in [3.8, 4) is 0 Å². The number of hydrogen-bond acceptors (Lipinski definition) is 3. The first-order valence-corrected chi connectivity index (χ1v) is 11.7. The van der Waals surface area contributed by atoms with Crippen LogP contribution in [0.3, 0.4) is 0 Å². The van der Waals surface area contributed by atoms with Crippen LogP contribution >= 0.6 is 0 Å². The highest BCUT2D eigenvalue weighted by atomic mass is 19.1. The molecule has 0 radical (unpaired) electrons. The Kier molecular flexibility index (Phi) is 6.60. The normalized spacial score (nSPS) is 20.0. The molecular weight excluding hydrogens is 395 g/mol. The van der Waals surface area contributed by atoms with Gasteiger partial charge in [0.25, 0.3) is 5.91 Å². The summed E-state index contributed by atoms with van der Waals surface area (Å²) in [6, 6.07) is 5.16. The molecule has 168 valence electrons. The Hall–Kier alpha value is -2.41. The zero-order valence-electron chi connectivity index (χ0n) is 18.6. The van der Waals surface area contributed by atoms with E-state index in [2.05, 4.69) is 17.1 Å². The number of hydrogen-bond donors (Lipinski definition) is 1. The van der Waals surface area contributed by atoms with Crippen LogP contribution in [0, 0.1) is 5.82 Å². The Morgan fingerprint density at radius 1 is 1.23 bits per heavy atom. The Morgan fingerprint density at radius 2 is 2.06 bits per heavy atom. The summed E-state index contributed by atoms with van der Waals surface area (Å²) in [7, 11) is 0. The number of nitrogens with one attached hydrogen (secondary N) is 1. The summed E-state index contributed by atoms with van der Waals surface area (Å²) >= 11 is 0. The lowest BCUT2D eigenvalue weighted by Gasteiger charge is -2.33. The van der Waals surface area contributed by atoms with E-state index in [1.165, 1.54) is 31.4 Å². The summed E-state index contributed by atoms with van der Waals surface area (Å²) in [5, 5.41) is 3.69. The standard InChI is InChI=1S/C24H33FN4O2/c1-3-28-20-11-10-18(25)16-19(20)22(29-15-6-9-21(29)30)23(28)24(31)26-12-7-14-27-13-5-4-8-17(27)2/h10-11,16-17H,3-9,12-15H2,1-2H3,(H,26,31). The van der Waals surface area contributed by atoms with E-state index in [1.807, 2.05) is 11.5 Å². The van der Waals surface area contributed by atoms with Gasteiger partial charge in [-0.25, -0.2) is 4.39 Å². The number of rotatable bonds is 7. The number of aromatic nitrogens is 1. The predicted molar refractivity (Wildman–Crippen MR) is 121 cm³/mol. The SMILES string of the molecule is CCn1c(C(=O)NCCCN2CCCCC2C)c(N2CCCC2=O)c2cc(F)ccc21. The molecule has 0 saturated carbocycles. The second-order valence-electron chi connectivity index (χ2n) is 8.74. The maximum absolute atomic E-state index is 14.1. The van der Waals surface area contributed by atoms with Gasteiger partial charge in [-0.05, 0) is 64.3 Å². The fourth-order valence-electron chi connectivity index (χ4n) is 5.08. The molecule has 2 aliphatic rings. The maximum atomic E-state index is 14.1. The smallest absolute Gasteiger partial charge is 0.270 e. The van der Waals surface area contributed by atoms with Crippen molar-refractivity contribution in [2.75, 3.05) is 31.1 Å². The molecule has 0 spiro atoms. The average molecular weight is 429 g/mol. The zero-order valence-corrected chi connectivity index (χ0v) is 18.6. The van der Waals surface area contributed by atoms with Crippen LogP contribution in [0.4, 0.5) is 10.1 Å². The van der Waals surface area contributed by atoms with Gasteiger partial charge >= 0.3 is 0 Å². The van der Waals surface area contributed by atoms with Crippen LogP contribution in [0.25, 0.3) is 10.9 Å². The molecule has 1 N–H and O–H groups in total. The van der Waals surface area contributed by atoms with E-state index in [9.17, 15) is 14.0 Å². The number of anilines is 1. The lowest BCUT2D eigenvalue weighted by atomic mass is 10.0. The van der Waals surface area contributed by atoms with Gasteiger partial charge in [0.15, 0.2) is 0 Å². The molecule has 2 fully saturated rings. The van der Waals surface area contributed by atoms with Gasteiger partial charge in [0.2, 0.25) is 5.91 Å². The van der Waals surface area contributed by atoms with Crippen LogP contribution in [-0.4, -0.2) is 53.5 Å². The number of benzene rings is 1. The van der Waals surface area contributed by atoms with Gasteiger partial charge in [-0.1, -0.05) is 6.42 Å². The highest BCUT2D eigenvalue weighted by Crippen LogP contribution is 2.37. The number of aryl methyl sites for hydroxylation is 1. The molecule has 6 nitrogen and oxygen atoms in total. The number of fused-ring (bicyclic) bond motifs is 1. The van der Waals surface area contributed by atoms with Crippen molar-refractivity contribution in [2.45, 2.75) is 65.0 Å². The third-order valence-corrected chi connectivity index (χ3v) is 6.72. The van der Waals surface area contributed by atoms with Crippen molar-refractivity contribution < 1.29 is 14.0 Å². The molecule has 2 saturated heterocycles. The van der Waals surface area contributed by atoms with Gasteiger partial charge in [0, 0.05) is 44.0 Å². The lowest BCUT2D eigenvalue weighted by molar-refractivity contribution is -0.117. The van der Waals surface area contributed by atoms with E-state index >= 15 is 0 Å². The van der Waals surface area contributed by atoms with Gasteiger partial charge in [-0.2, -0.15) is 0 Å². The number of halogens is 1. The second-order valence-corrected chi connectivity index (χ2v) is 8.74. The fourth-order valence-corrected chi connectivity index (χ4v) is 5.08. The summed E-state index contributed by atoms with van der Waals surface area (Å²) in [4.78, 5) is 30.0. The topological polar surface area (TPSA) is 57.6 Å². The van der Waals surface area contributed by atoms with Crippen LogP contribution < -0.4 is 10.2 Å². The number of amides is 2. The van der Waals surface area contributed by atoms with Gasteiger partial charge in [0.1, 0.15) is 11.5 Å². The van der Waals surface area contributed by atoms with E-state index in [0.717, 1.165) is 31.4 Å². The van der Waals surface area contributed by atoms with E-state index in [4.69, 9.17) is 0 Å². The molecule has 2 aliphatic heterocycles. The van der Waals surface area contributed by atoms with Crippen molar-refractivity contribution in [1.29, 1.82) is 0 Å². The van der Waals surface area contributed by atoms with Crippen molar-refractivity contribution in [1.82, 2.24) is 14.8 Å². The van der Waals surface area contributed by atoms with Gasteiger partial charge in [0.05, 0.1) is 11.2 Å². The summed E-state index contributed by atoms with van der Waals surface area (Å²) in [6.07, 6.45) is 5.89. The van der Waals surface area contributed by atoms with E-state index in [0.29, 0.717) is 48.9 Å². The van der Waals surface area contributed by atoms with Crippen molar-refractivity contribution in [3.05, 3.63) is 29.7 Å². The van der Waals surface area contributed by atoms with Crippen LogP contribution in [0.2, 0.25) is 0 Å². The fraction of sp³-hybridized carbons (Fsp3) is 0.583. The molecule has 7 heteroatoms. The molecule has 0 aliphatic carbocycles. The highest BCUT2D eigenvalue weighted by Gasteiger charge is 2.31. The zero-order chi connectivity index (χ0) is 22.0. The number of piperidine rings is 1. The van der Waals surface area contributed by atoms with Crippen LogP contribution in [0.15, 0.2) is 18.2 Å². The van der Waals surface area contributed by atoms with Gasteiger partial charge < -0.3 is 19.7 Å². The number of carbonyl (C=O) groups excluding carboxylic acids is 2. The maximum Gasteiger partial charge on any atom is 0.270 e. The van der Waals surface area contributed by atoms with E-state index < -0.39 is 0 Å². The number of carbonyl (C=O) groups is 2. The molecule has 1 unspecified atom stereocenters. The minimum absolute atomic E-state index is 0.00690. The van der Waals surface area contributed by atoms with Gasteiger partial charge in [-0.15, -0.1) is 0 Å². The Bertz CT molecular complexity index is 970. The summed E-state index contributed by atoms with van der Waals surface area (Å²) in [6.45, 7) is 8.05. The van der Waals surface area contributed by atoms with Crippen LogP contribution in [0.5, 0.6) is 0 Å². The average Bonchev–Trinajstić information content (AvgIpc) is 3.32. The first-order valence-electron chi connectivity index (χ1n) is 11.7. The molecule has 1 aromatic heterocycles. The van der Waals surface area contributed by atoms with E-state index in [1.54, 1.807) is 11.0 Å². The van der Waals surface area contributed by atoms with Crippen molar-refractivity contribution in [2.24, 2.45) is 0 Å². The highest BCUT2D eigenvalue weighted by molar-refractivity contribution is 6.14. The largest absolute Gasteiger partial charge is 0.351 e. The Morgan fingerprint density at radius 3 is 2.77 bits per heavy atom. The minimum atomic E-state index is -0.365. The molecule has 1 aromatic carbocycles. The molecule has 3 heterocycles. The molecule has 2 aromatic rings. The Labute approximate surface area is 183 Å². The lowest BCUT2D eigenvalue weighted by Crippen LogP contribution is -2.39. The number of nitrogens with zero attached hydrogens (tertiary/aromatic N) is 3. The quantitative estimate of drug-likeness (QED) is 0.680. The predicted octanol–water partition coefficient (Wildman–Crippen LogP) is 3.92. The van der Waals surface area contributed by atoms with Crippen molar-refractivity contribution >= 4 is 28.4 Å². The molecule has 31 heavy (non-hydrogen) atoms. The third-order valence-electron chi connectivity index (χ3n) is 6.72. The molecule has 0 bridgehead atoms. The molecule has 1 atom stereocenters. The monoisotopic (exact) mass is 428 g/mol. The second kappa shape index (κ2) is 9.39. The van der Waals surface area contributed by atoms with Crippen LogP contribution in [-0.2, 0) is 11.3 Å². The van der Waals surface area contributed by atoms with E-state index in [-0.39, 0.29) is 17.6 Å². The first-order chi connectivity index (χ1) is 15.0. The van der Waals surface area contributed by atoms with Crippen molar-refractivity contribution in [3.63, 3.8) is 0 Å². The molecule has 4 rings (SSSR count). The molecule has 2 amide bonds. The third kappa shape index (κ3) is 4.33. The summed E-state index contributed by atoms with van der Waals surface area (Å²) < 4.78 is 16.0. The van der Waals surface area contributed by atoms with Crippen LogP contribution in [0.1, 0.15) is 62.9 Å².